The number of ether oxygens (including phenoxy) is 1. The molecule has 0 amide bonds. The number of rotatable bonds is 6. The molecular formula is C21H20Br2ClN3O2. The molecular weight excluding hydrogens is 522 g/mol. The van der Waals surface area contributed by atoms with Gasteiger partial charge in [-0.1, -0.05) is 34.5 Å². The van der Waals surface area contributed by atoms with Gasteiger partial charge in [-0.25, -0.2) is 4.98 Å². The van der Waals surface area contributed by atoms with Crippen LogP contribution in [-0.4, -0.2) is 22.0 Å². The molecule has 0 aliphatic carbocycles. The number of aromatic nitrogens is 2. The first-order valence-electron chi connectivity index (χ1n) is 9.21. The van der Waals surface area contributed by atoms with E-state index in [-0.39, 0.29) is 11.7 Å². The Hall–Kier alpha value is -1.70. The van der Waals surface area contributed by atoms with E-state index in [1.54, 1.807) is 18.3 Å². The third-order valence-corrected chi connectivity index (χ3v) is 5.41. The van der Waals surface area contributed by atoms with Crippen LogP contribution < -0.4 is 10.3 Å². The normalized spacial score (nSPS) is 11.7. The molecule has 1 aromatic heterocycles. The number of hydrogen-bond acceptors (Lipinski definition) is 4. The van der Waals surface area contributed by atoms with Crippen LogP contribution >= 0.6 is 43.5 Å². The zero-order chi connectivity index (χ0) is 21.1. The van der Waals surface area contributed by atoms with Gasteiger partial charge in [-0.3, -0.25) is 4.79 Å². The molecule has 0 radical (unpaired) electrons. The van der Waals surface area contributed by atoms with Crippen LogP contribution in [0.1, 0.15) is 38.6 Å². The number of hydrogen-bond donors (Lipinski definition) is 0. The Morgan fingerprint density at radius 1 is 1.28 bits per heavy atom. The van der Waals surface area contributed by atoms with Gasteiger partial charge in [0.15, 0.2) is 5.75 Å². The van der Waals surface area contributed by atoms with E-state index >= 15 is 0 Å². The van der Waals surface area contributed by atoms with Crippen molar-refractivity contribution in [3.05, 3.63) is 66.0 Å². The molecule has 8 heteroatoms. The van der Waals surface area contributed by atoms with Crippen LogP contribution in [0, 0.1) is 0 Å². The molecule has 152 valence electrons. The third kappa shape index (κ3) is 5.08. The highest BCUT2D eigenvalue weighted by Crippen LogP contribution is 2.34. The van der Waals surface area contributed by atoms with Gasteiger partial charge in [0.05, 0.1) is 32.7 Å². The maximum Gasteiger partial charge on any atom is 0.282 e. The summed E-state index contributed by atoms with van der Waals surface area (Å²) in [7, 11) is 0. The maximum atomic E-state index is 13.0. The van der Waals surface area contributed by atoms with Gasteiger partial charge in [0.25, 0.3) is 5.56 Å². The van der Waals surface area contributed by atoms with Gasteiger partial charge in [0.2, 0.25) is 0 Å². The quantitative estimate of drug-likeness (QED) is 0.350. The lowest BCUT2D eigenvalue weighted by atomic mass is 10.2. The van der Waals surface area contributed by atoms with Crippen LogP contribution in [0.4, 0.5) is 0 Å². The monoisotopic (exact) mass is 539 g/mol. The minimum absolute atomic E-state index is 0.00138. The van der Waals surface area contributed by atoms with Gasteiger partial charge in [0, 0.05) is 10.9 Å². The van der Waals surface area contributed by atoms with Crippen molar-refractivity contribution < 1.29 is 4.74 Å². The minimum atomic E-state index is -0.207. The number of nitrogens with zero attached hydrogens (tertiary/aromatic N) is 3. The van der Waals surface area contributed by atoms with Crippen molar-refractivity contribution in [1.82, 2.24) is 9.66 Å². The topological polar surface area (TPSA) is 56.5 Å². The molecule has 0 fully saturated rings. The molecule has 2 aromatic carbocycles. The number of halogens is 3. The highest BCUT2D eigenvalue weighted by atomic mass is 79.9. The molecule has 0 saturated carbocycles. The Bertz CT molecular complexity index is 1120. The fraction of sp³-hybridized carbons (Fsp3) is 0.286. The molecule has 0 atom stereocenters. The van der Waals surface area contributed by atoms with E-state index in [0.717, 1.165) is 20.9 Å². The summed E-state index contributed by atoms with van der Waals surface area (Å²) in [5.41, 5.74) is 1.19. The van der Waals surface area contributed by atoms with E-state index in [2.05, 4.69) is 41.9 Å². The van der Waals surface area contributed by atoms with E-state index in [0.29, 0.717) is 33.9 Å². The molecule has 0 unspecified atom stereocenters. The van der Waals surface area contributed by atoms with Gasteiger partial charge in [-0.2, -0.15) is 9.78 Å². The lowest BCUT2D eigenvalue weighted by Gasteiger charge is -2.13. The Labute approximate surface area is 191 Å². The van der Waals surface area contributed by atoms with Crippen LogP contribution in [0.15, 0.2) is 49.2 Å². The van der Waals surface area contributed by atoms with Crippen molar-refractivity contribution in [2.45, 2.75) is 39.7 Å². The van der Waals surface area contributed by atoms with E-state index in [4.69, 9.17) is 16.3 Å². The van der Waals surface area contributed by atoms with Crippen molar-refractivity contribution in [3.63, 3.8) is 0 Å². The third-order valence-electron chi connectivity index (χ3n) is 4.05. The summed E-state index contributed by atoms with van der Waals surface area (Å²) in [6.45, 7) is 5.91. The van der Waals surface area contributed by atoms with Gasteiger partial charge in [-0.15, -0.1) is 0 Å². The molecule has 1 heterocycles. The molecule has 0 saturated heterocycles. The highest BCUT2D eigenvalue weighted by molar-refractivity contribution is 9.10. The maximum absolute atomic E-state index is 13.0. The predicted molar refractivity (Wildman–Crippen MR) is 126 cm³/mol. The zero-order valence-corrected chi connectivity index (χ0v) is 20.2. The van der Waals surface area contributed by atoms with Crippen LogP contribution in [0.5, 0.6) is 5.75 Å². The summed E-state index contributed by atoms with van der Waals surface area (Å²) in [5, 5.41) is 5.41. The van der Waals surface area contributed by atoms with Gasteiger partial charge < -0.3 is 4.74 Å². The van der Waals surface area contributed by atoms with Gasteiger partial charge in [0.1, 0.15) is 5.82 Å². The molecule has 0 bridgehead atoms. The summed E-state index contributed by atoms with van der Waals surface area (Å²) >= 11 is 13.3. The van der Waals surface area contributed by atoms with E-state index in [1.165, 1.54) is 4.68 Å². The van der Waals surface area contributed by atoms with Gasteiger partial charge in [-0.05, 0) is 72.1 Å². The summed E-state index contributed by atoms with van der Waals surface area (Å²) in [6.07, 6.45) is 3.09. The second kappa shape index (κ2) is 9.41. The van der Waals surface area contributed by atoms with Gasteiger partial charge >= 0.3 is 0 Å². The number of fused-ring (bicyclic) bond motifs is 1. The molecule has 0 aliphatic heterocycles. The Balaban J connectivity index is 2.07. The van der Waals surface area contributed by atoms with Crippen molar-refractivity contribution in [3.8, 4) is 5.75 Å². The first-order valence-corrected chi connectivity index (χ1v) is 11.2. The van der Waals surface area contributed by atoms with Crippen molar-refractivity contribution in [2.75, 3.05) is 0 Å². The van der Waals surface area contributed by atoms with Crippen LogP contribution in [0.2, 0.25) is 5.02 Å². The minimum Gasteiger partial charge on any atom is -0.488 e. The highest BCUT2D eigenvalue weighted by Gasteiger charge is 2.12. The first-order chi connectivity index (χ1) is 13.8. The van der Waals surface area contributed by atoms with E-state index < -0.39 is 0 Å². The molecule has 0 aliphatic rings. The fourth-order valence-electron chi connectivity index (χ4n) is 2.83. The SMILES string of the molecule is CCCc1nc2ccc(Br)cc2c(=O)n1N=Cc1cc(Cl)c(OC(C)C)c(Br)c1. The molecule has 5 nitrogen and oxygen atoms in total. The average molecular weight is 542 g/mol. The van der Waals surface area contributed by atoms with Crippen molar-refractivity contribution >= 4 is 60.6 Å². The molecule has 3 aromatic rings. The Morgan fingerprint density at radius 3 is 2.69 bits per heavy atom. The van der Waals surface area contributed by atoms with Crippen molar-refractivity contribution in [1.29, 1.82) is 0 Å². The fourth-order valence-corrected chi connectivity index (χ4v) is 4.14. The second-order valence-corrected chi connectivity index (χ2v) is 8.96. The second-order valence-electron chi connectivity index (χ2n) is 6.78. The summed E-state index contributed by atoms with van der Waals surface area (Å²) < 4.78 is 8.63. The average Bonchev–Trinajstić information content (AvgIpc) is 2.65. The largest absolute Gasteiger partial charge is 0.488 e. The molecule has 29 heavy (non-hydrogen) atoms. The van der Waals surface area contributed by atoms with Crippen molar-refractivity contribution in [2.24, 2.45) is 5.10 Å². The predicted octanol–water partition coefficient (Wildman–Crippen LogP) is 6.20. The Morgan fingerprint density at radius 2 is 2.03 bits per heavy atom. The zero-order valence-electron chi connectivity index (χ0n) is 16.2. The van der Waals surface area contributed by atoms with E-state index in [1.807, 2.05) is 39.0 Å². The first kappa shape index (κ1) is 22.0. The van der Waals surface area contributed by atoms with Crippen LogP contribution in [0.25, 0.3) is 10.9 Å². The molecule has 3 rings (SSSR count). The van der Waals surface area contributed by atoms with Crippen LogP contribution in [-0.2, 0) is 6.42 Å². The Kier molecular flexibility index (Phi) is 7.14. The number of aryl methyl sites for hydroxylation is 1. The lowest BCUT2D eigenvalue weighted by molar-refractivity contribution is 0.241. The molecule has 0 spiro atoms. The lowest BCUT2D eigenvalue weighted by Crippen LogP contribution is -2.22. The number of benzene rings is 2. The van der Waals surface area contributed by atoms with E-state index in [9.17, 15) is 4.79 Å². The van der Waals surface area contributed by atoms with Crippen LogP contribution in [0.3, 0.4) is 0 Å². The standard InChI is InChI=1S/C21H20Br2ClN3O2/c1-4-5-19-26-18-7-6-14(22)10-15(18)21(28)27(19)25-11-13-8-16(23)20(17(24)9-13)29-12(2)3/h6-12H,4-5H2,1-3H3. The summed E-state index contributed by atoms with van der Waals surface area (Å²) in [4.78, 5) is 17.7. The summed E-state index contributed by atoms with van der Waals surface area (Å²) in [6, 6.07) is 9.07. The summed E-state index contributed by atoms with van der Waals surface area (Å²) in [5.74, 6) is 1.20. The smallest absolute Gasteiger partial charge is 0.282 e. The molecule has 0 N–H and O–H groups in total.